The van der Waals surface area contributed by atoms with E-state index in [4.69, 9.17) is 5.11 Å². The van der Waals surface area contributed by atoms with E-state index in [1.807, 2.05) is 13.0 Å². The SMILES string of the molecule is CC(NC(=O)CSc1nc2ccccc2c(=O)n1CCCO)C1CC1. The van der Waals surface area contributed by atoms with E-state index in [2.05, 4.69) is 10.3 Å². The van der Waals surface area contributed by atoms with Crippen LogP contribution in [-0.4, -0.2) is 39.0 Å². The van der Waals surface area contributed by atoms with E-state index in [-0.39, 0.29) is 29.9 Å². The molecule has 1 aliphatic rings. The Morgan fingerprint density at radius 3 is 2.92 bits per heavy atom. The molecule has 1 fully saturated rings. The quantitative estimate of drug-likeness (QED) is 0.553. The van der Waals surface area contributed by atoms with Crippen LogP contribution in [0.25, 0.3) is 10.9 Å². The molecule has 0 aliphatic heterocycles. The number of carbonyl (C=O) groups excluding carboxylic acids is 1. The van der Waals surface area contributed by atoms with Crippen LogP contribution in [0.1, 0.15) is 26.2 Å². The molecule has 0 saturated heterocycles. The molecule has 6 nitrogen and oxygen atoms in total. The Labute approximate surface area is 150 Å². The Kier molecular flexibility index (Phi) is 5.75. The summed E-state index contributed by atoms with van der Waals surface area (Å²) in [5.74, 6) is 0.789. The molecule has 7 heteroatoms. The molecule has 1 amide bonds. The van der Waals surface area contributed by atoms with Gasteiger partial charge in [-0.3, -0.25) is 14.2 Å². The van der Waals surface area contributed by atoms with Gasteiger partial charge in [0, 0.05) is 19.2 Å². The molecular weight excluding hydrogens is 338 g/mol. The second kappa shape index (κ2) is 8.01. The van der Waals surface area contributed by atoms with Crippen molar-refractivity contribution in [3.05, 3.63) is 34.6 Å². The van der Waals surface area contributed by atoms with Gasteiger partial charge in [0.05, 0.1) is 16.7 Å². The van der Waals surface area contributed by atoms with Crippen molar-refractivity contribution in [2.24, 2.45) is 5.92 Å². The minimum atomic E-state index is -0.131. The zero-order valence-corrected chi connectivity index (χ0v) is 15.1. The fourth-order valence-electron chi connectivity index (χ4n) is 2.82. The fraction of sp³-hybridized carbons (Fsp3) is 0.500. The summed E-state index contributed by atoms with van der Waals surface area (Å²) in [5.41, 5.74) is 0.496. The summed E-state index contributed by atoms with van der Waals surface area (Å²) in [6.07, 6.45) is 2.83. The molecule has 2 aromatic rings. The minimum Gasteiger partial charge on any atom is -0.396 e. The maximum absolute atomic E-state index is 12.7. The second-order valence-corrected chi connectivity index (χ2v) is 7.37. The third kappa shape index (κ3) is 4.41. The molecule has 1 atom stereocenters. The van der Waals surface area contributed by atoms with Gasteiger partial charge in [0.2, 0.25) is 5.91 Å². The number of fused-ring (bicyclic) bond motifs is 1. The number of hydrogen-bond acceptors (Lipinski definition) is 5. The van der Waals surface area contributed by atoms with Crippen LogP contribution in [0, 0.1) is 5.92 Å². The zero-order chi connectivity index (χ0) is 17.8. The number of benzene rings is 1. The third-order valence-corrected chi connectivity index (χ3v) is 5.39. The molecule has 3 rings (SSSR count). The maximum atomic E-state index is 12.7. The van der Waals surface area contributed by atoms with Crippen LogP contribution in [0.5, 0.6) is 0 Å². The molecule has 1 saturated carbocycles. The molecule has 2 N–H and O–H groups in total. The summed E-state index contributed by atoms with van der Waals surface area (Å²) < 4.78 is 1.56. The summed E-state index contributed by atoms with van der Waals surface area (Å²) >= 11 is 1.27. The van der Waals surface area contributed by atoms with Gasteiger partial charge in [-0.2, -0.15) is 0 Å². The van der Waals surface area contributed by atoms with Crippen molar-refractivity contribution in [1.29, 1.82) is 0 Å². The van der Waals surface area contributed by atoms with Gasteiger partial charge in [-0.1, -0.05) is 23.9 Å². The van der Waals surface area contributed by atoms with E-state index in [1.165, 1.54) is 24.6 Å². The lowest BCUT2D eigenvalue weighted by Gasteiger charge is -2.14. The number of hydrogen-bond donors (Lipinski definition) is 2. The van der Waals surface area contributed by atoms with Crippen molar-refractivity contribution in [2.75, 3.05) is 12.4 Å². The molecule has 0 spiro atoms. The smallest absolute Gasteiger partial charge is 0.262 e. The lowest BCUT2D eigenvalue weighted by Crippen LogP contribution is -2.35. The number of amides is 1. The molecule has 1 heterocycles. The molecule has 0 bridgehead atoms. The number of thioether (sulfide) groups is 1. The standard InChI is InChI=1S/C18H23N3O3S/c1-12(13-7-8-13)19-16(23)11-25-18-20-15-6-3-2-5-14(15)17(24)21(18)9-4-10-22/h2-3,5-6,12-13,22H,4,7-11H2,1H3,(H,19,23). The molecule has 0 radical (unpaired) electrons. The normalized spacial score (nSPS) is 15.3. The van der Waals surface area contributed by atoms with Crippen LogP contribution in [0.3, 0.4) is 0 Å². The number of carbonyl (C=O) groups is 1. The van der Waals surface area contributed by atoms with Crippen molar-refractivity contribution in [2.45, 2.75) is 43.9 Å². The molecular formula is C18H23N3O3S. The van der Waals surface area contributed by atoms with Gasteiger partial charge in [0.15, 0.2) is 5.16 Å². The highest BCUT2D eigenvalue weighted by Crippen LogP contribution is 2.32. The lowest BCUT2D eigenvalue weighted by molar-refractivity contribution is -0.119. The number of aliphatic hydroxyl groups is 1. The molecule has 25 heavy (non-hydrogen) atoms. The first-order chi connectivity index (χ1) is 12.1. The predicted molar refractivity (Wildman–Crippen MR) is 98.8 cm³/mol. The number of nitrogens with one attached hydrogen (secondary N) is 1. The van der Waals surface area contributed by atoms with Gasteiger partial charge in [-0.05, 0) is 44.2 Å². The second-order valence-electron chi connectivity index (χ2n) is 6.43. The minimum absolute atomic E-state index is 0.00274. The predicted octanol–water partition coefficient (Wildman–Crippen LogP) is 1.79. The fourth-order valence-corrected chi connectivity index (χ4v) is 3.66. The Balaban J connectivity index is 1.78. The van der Waals surface area contributed by atoms with E-state index in [9.17, 15) is 9.59 Å². The van der Waals surface area contributed by atoms with Crippen LogP contribution in [0.4, 0.5) is 0 Å². The van der Waals surface area contributed by atoms with Crippen LogP contribution in [0.2, 0.25) is 0 Å². The topological polar surface area (TPSA) is 84.2 Å². The van der Waals surface area contributed by atoms with Gasteiger partial charge >= 0.3 is 0 Å². The Morgan fingerprint density at radius 2 is 2.20 bits per heavy atom. The van der Waals surface area contributed by atoms with E-state index < -0.39 is 0 Å². The number of para-hydroxylation sites is 1. The van der Waals surface area contributed by atoms with Gasteiger partial charge in [-0.15, -0.1) is 0 Å². The molecule has 1 aromatic heterocycles. The summed E-state index contributed by atoms with van der Waals surface area (Å²) in [6, 6.07) is 7.40. The van der Waals surface area contributed by atoms with Crippen molar-refractivity contribution in [3.8, 4) is 0 Å². The first-order valence-corrected chi connectivity index (χ1v) is 9.61. The number of aliphatic hydroxyl groups excluding tert-OH is 1. The van der Waals surface area contributed by atoms with Gasteiger partial charge < -0.3 is 10.4 Å². The van der Waals surface area contributed by atoms with Crippen molar-refractivity contribution in [1.82, 2.24) is 14.9 Å². The summed E-state index contributed by atoms with van der Waals surface area (Å²) in [7, 11) is 0. The van der Waals surface area contributed by atoms with Crippen LogP contribution < -0.4 is 10.9 Å². The van der Waals surface area contributed by atoms with E-state index in [0.29, 0.717) is 34.9 Å². The van der Waals surface area contributed by atoms with E-state index in [1.54, 1.807) is 22.8 Å². The summed E-state index contributed by atoms with van der Waals surface area (Å²) in [4.78, 5) is 29.4. The molecule has 1 aromatic carbocycles. The monoisotopic (exact) mass is 361 g/mol. The Morgan fingerprint density at radius 1 is 1.44 bits per heavy atom. The van der Waals surface area contributed by atoms with E-state index >= 15 is 0 Å². The summed E-state index contributed by atoms with van der Waals surface area (Å²) in [5, 5.41) is 13.2. The van der Waals surface area contributed by atoms with Crippen LogP contribution in [0.15, 0.2) is 34.2 Å². The van der Waals surface area contributed by atoms with Crippen molar-refractivity contribution >= 4 is 28.6 Å². The largest absolute Gasteiger partial charge is 0.396 e. The van der Waals surface area contributed by atoms with Gasteiger partial charge in [-0.25, -0.2) is 4.98 Å². The van der Waals surface area contributed by atoms with Gasteiger partial charge in [0.25, 0.3) is 5.56 Å². The van der Waals surface area contributed by atoms with E-state index in [0.717, 1.165) is 0 Å². The maximum Gasteiger partial charge on any atom is 0.262 e. The Bertz CT molecular complexity index is 817. The third-order valence-electron chi connectivity index (χ3n) is 4.42. The average Bonchev–Trinajstić information content (AvgIpc) is 3.44. The van der Waals surface area contributed by atoms with Crippen molar-refractivity contribution in [3.63, 3.8) is 0 Å². The molecule has 1 aliphatic carbocycles. The number of rotatable bonds is 8. The van der Waals surface area contributed by atoms with Crippen LogP contribution >= 0.6 is 11.8 Å². The summed E-state index contributed by atoms with van der Waals surface area (Å²) in [6.45, 7) is 2.42. The zero-order valence-electron chi connectivity index (χ0n) is 14.3. The average molecular weight is 361 g/mol. The Hall–Kier alpha value is -1.86. The van der Waals surface area contributed by atoms with Crippen LogP contribution in [-0.2, 0) is 11.3 Å². The molecule has 1 unspecified atom stereocenters. The number of aromatic nitrogens is 2. The highest BCUT2D eigenvalue weighted by molar-refractivity contribution is 7.99. The highest BCUT2D eigenvalue weighted by atomic mass is 32.2. The lowest BCUT2D eigenvalue weighted by atomic mass is 10.2. The molecule has 134 valence electrons. The number of nitrogens with zero attached hydrogens (tertiary/aromatic N) is 2. The first kappa shape index (κ1) is 17.9. The highest BCUT2D eigenvalue weighted by Gasteiger charge is 2.28. The van der Waals surface area contributed by atoms with Gasteiger partial charge in [0.1, 0.15) is 0 Å². The first-order valence-electron chi connectivity index (χ1n) is 8.62. The van der Waals surface area contributed by atoms with Crippen molar-refractivity contribution < 1.29 is 9.90 Å².